The number of carbonyl (C=O) groups excluding carboxylic acids is 1. The summed E-state index contributed by atoms with van der Waals surface area (Å²) < 4.78 is 0. The summed E-state index contributed by atoms with van der Waals surface area (Å²) >= 11 is 0. The highest BCUT2D eigenvalue weighted by atomic mass is 16.2. The first-order valence-electron chi connectivity index (χ1n) is 7.06. The highest BCUT2D eigenvalue weighted by Gasteiger charge is 2.06. The molecule has 0 aromatic carbocycles. The van der Waals surface area contributed by atoms with Crippen LogP contribution in [0.3, 0.4) is 0 Å². The molecule has 0 saturated heterocycles. The van der Waals surface area contributed by atoms with Crippen molar-refractivity contribution in [2.45, 2.75) is 65.8 Å². The Morgan fingerprint density at radius 3 is 2.29 bits per heavy atom. The first kappa shape index (κ1) is 16.4. The molecule has 0 bridgehead atoms. The third-order valence-corrected chi connectivity index (χ3v) is 2.88. The summed E-state index contributed by atoms with van der Waals surface area (Å²) in [6.07, 6.45) is 5.81. The summed E-state index contributed by atoms with van der Waals surface area (Å²) in [7, 11) is 0. The van der Waals surface area contributed by atoms with Gasteiger partial charge >= 0.3 is 0 Å². The van der Waals surface area contributed by atoms with E-state index in [2.05, 4.69) is 26.1 Å². The Labute approximate surface area is 107 Å². The van der Waals surface area contributed by atoms with E-state index in [4.69, 9.17) is 0 Å². The third-order valence-electron chi connectivity index (χ3n) is 2.88. The summed E-state index contributed by atoms with van der Waals surface area (Å²) in [4.78, 5) is 13.4. The minimum Gasteiger partial charge on any atom is -0.343 e. The van der Waals surface area contributed by atoms with Crippen LogP contribution < -0.4 is 5.32 Å². The highest BCUT2D eigenvalue weighted by molar-refractivity contribution is 5.73. The molecule has 102 valence electrons. The number of nitrogens with zero attached hydrogens (tertiary/aromatic N) is 1. The molecule has 3 nitrogen and oxygen atoms in total. The number of hydrogen-bond acceptors (Lipinski definition) is 2. The highest BCUT2D eigenvalue weighted by Crippen LogP contribution is 2.01. The molecule has 0 aliphatic rings. The van der Waals surface area contributed by atoms with Gasteiger partial charge in [0.05, 0.1) is 0 Å². The zero-order valence-corrected chi connectivity index (χ0v) is 12.1. The molecule has 1 N–H and O–H groups in total. The van der Waals surface area contributed by atoms with E-state index in [0.29, 0.717) is 6.04 Å². The molecule has 0 fully saturated rings. The maximum absolute atomic E-state index is 11.4. The predicted molar refractivity (Wildman–Crippen MR) is 74.2 cm³/mol. The third kappa shape index (κ3) is 10.3. The Balaban J connectivity index is 3.51. The van der Waals surface area contributed by atoms with Gasteiger partial charge in [0, 0.05) is 26.1 Å². The van der Waals surface area contributed by atoms with E-state index < -0.39 is 0 Å². The fraction of sp³-hybridized carbons (Fsp3) is 0.929. The Morgan fingerprint density at radius 1 is 1.12 bits per heavy atom. The van der Waals surface area contributed by atoms with Crippen LogP contribution >= 0.6 is 0 Å². The van der Waals surface area contributed by atoms with Crippen molar-refractivity contribution in [2.24, 2.45) is 0 Å². The lowest BCUT2D eigenvalue weighted by atomic mass is 10.2. The minimum absolute atomic E-state index is 0.221. The van der Waals surface area contributed by atoms with Crippen molar-refractivity contribution in [1.29, 1.82) is 0 Å². The summed E-state index contributed by atoms with van der Waals surface area (Å²) in [6, 6.07) is 0.577. The molecule has 0 aromatic heterocycles. The maximum Gasteiger partial charge on any atom is 0.219 e. The Bertz CT molecular complexity index is 193. The topological polar surface area (TPSA) is 32.3 Å². The standard InChI is InChI=1S/C14H30N2O/c1-5-6-11-16(14(4)17)12-9-7-8-10-15-13(2)3/h13,15H,5-12H2,1-4H3. The second kappa shape index (κ2) is 10.6. The summed E-state index contributed by atoms with van der Waals surface area (Å²) in [5.41, 5.74) is 0. The summed E-state index contributed by atoms with van der Waals surface area (Å²) in [6.45, 7) is 11.1. The molecule has 0 aliphatic carbocycles. The molecule has 17 heavy (non-hydrogen) atoms. The quantitative estimate of drug-likeness (QED) is 0.597. The fourth-order valence-electron chi connectivity index (χ4n) is 1.77. The lowest BCUT2D eigenvalue weighted by Gasteiger charge is -2.20. The normalized spacial score (nSPS) is 10.9. The number of rotatable bonds is 10. The van der Waals surface area contributed by atoms with E-state index in [-0.39, 0.29) is 5.91 Å². The molecule has 0 spiro atoms. The van der Waals surface area contributed by atoms with Crippen molar-refractivity contribution in [3.8, 4) is 0 Å². The van der Waals surface area contributed by atoms with Gasteiger partial charge in [-0.15, -0.1) is 0 Å². The van der Waals surface area contributed by atoms with E-state index >= 15 is 0 Å². The van der Waals surface area contributed by atoms with Crippen LogP contribution in [-0.2, 0) is 4.79 Å². The molecule has 3 heteroatoms. The maximum atomic E-state index is 11.4. The summed E-state index contributed by atoms with van der Waals surface area (Å²) in [5.74, 6) is 0.221. The van der Waals surface area contributed by atoms with E-state index in [1.165, 1.54) is 12.8 Å². The van der Waals surface area contributed by atoms with E-state index in [0.717, 1.165) is 38.9 Å². The van der Waals surface area contributed by atoms with Crippen LogP contribution in [0.2, 0.25) is 0 Å². The fourth-order valence-corrected chi connectivity index (χ4v) is 1.77. The van der Waals surface area contributed by atoms with Gasteiger partial charge in [0.2, 0.25) is 5.91 Å². The van der Waals surface area contributed by atoms with Crippen molar-refractivity contribution < 1.29 is 4.79 Å². The molecule has 0 aromatic rings. The molecule has 0 heterocycles. The van der Waals surface area contributed by atoms with Crippen LogP contribution in [0.5, 0.6) is 0 Å². The van der Waals surface area contributed by atoms with Crippen LogP contribution in [0.25, 0.3) is 0 Å². The van der Waals surface area contributed by atoms with Crippen LogP contribution in [0.15, 0.2) is 0 Å². The molecular formula is C14H30N2O. The second-order valence-corrected chi connectivity index (χ2v) is 5.03. The molecule has 0 atom stereocenters. The van der Waals surface area contributed by atoms with Gasteiger partial charge in [-0.3, -0.25) is 4.79 Å². The first-order chi connectivity index (χ1) is 8.07. The Kier molecular flexibility index (Phi) is 10.2. The molecule has 0 saturated carbocycles. The van der Waals surface area contributed by atoms with Gasteiger partial charge in [0.15, 0.2) is 0 Å². The Morgan fingerprint density at radius 2 is 1.76 bits per heavy atom. The first-order valence-corrected chi connectivity index (χ1v) is 7.06. The molecule has 1 amide bonds. The van der Waals surface area contributed by atoms with Gasteiger partial charge in [-0.2, -0.15) is 0 Å². The number of unbranched alkanes of at least 4 members (excludes halogenated alkanes) is 3. The van der Waals surface area contributed by atoms with E-state index in [9.17, 15) is 4.79 Å². The molecule has 0 rings (SSSR count). The van der Waals surface area contributed by atoms with E-state index in [1.807, 2.05) is 4.90 Å². The molecule has 0 radical (unpaired) electrons. The summed E-state index contributed by atoms with van der Waals surface area (Å²) in [5, 5.41) is 3.41. The molecule has 0 unspecified atom stereocenters. The van der Waals surface area contributed by atoms with Crippen molar-refractivity contribution >= 4 is 5.91 Å². The number of nitrogens with one attached hydrogen (secondary N) is 1. The van der Waals surface area contributed by atoms with Crippen LogP contribution in [-0.4, -0.2) is 36.5 Å². The molecule has 0 aliphatic heterocycles. The molecular weight excluding hydrogens is 212 g/mol. The van der Waals surface area contributed by atoms with Gasteiger partial charge in [-0.1, -0.05) is 33.6 Å². The zero-order valence-electron chi connectivity index (χ0n) is 12.1. The van der Waals surface area contributed by atoms with Gasteiger partial charge in [0.1, 0.15) is 0 Å². The van der Waals surface area contributed by atoms with Crippen molar-refractivity contribution in [1.82, 2.24) is 10.2 Å². The second-order valence-electron chi connectivity index (χ2n) is 5.03. The SMILES string of the molecule is CCCCN(CCCCCNC(C)C)C(C)=O. The zero-order chi connectivity index (χ0) is 13.1. The predicted octanol–water partition coefficient (Wildman–Crippen LogP) is 2.80. The van der Waals surface area contributed by atoms with Gasteiger partial charge in [-0.05, 0) is 25.8 Å². The van der Waals surface area contributed by atoms with Crippen LogP contribution in [0, 0.1) is 0 Å². The number of hydrogen-bond donors (Lipinski definition) is 1. The van der Waals surface area contributed by atoms with Crippen molar-refractivity contribution in [3.05, 3.63) is 0 Å². The minimum atomic E-state index is 0.221. The van der Waals surface area contributed by atoms with Crippen LogP contribution in [0.1, 0.15) is 59.8 Å². The Hall–Kier alpha value is -0.570. The van der Waals surface area contributed by atoms with Gasteiger partial charge in [-0.25, -0.2) is 0 Å². The van der Waals surface area contributed by atoms with E-state index in [1.54, 1.807) is 6.92 Å². The number of amides is 1. The average molecular weight is 242 g/mol. The smallest absolute Gasteiger partial charge is 0.219 e. The number of carbonyl (C=O) groups is 1. The lowest BCUT2D eigenvalue weighted by Crippen LogP contribution is -2.31. The van der Waals surface area contributed by atoms with Crippen LogP contribution in [0.4, 0.5) is 0 Å². The van der Waals surface area contributed by atoms with Gasteiger partial charge < -0.3 is 10.2 Å². The largest absolute Gasteiger partial charge is 0.343 e. The van der Waals surface area contributed by atoms with Gasteiger partial charge in [0.25, 0.3) is 0 Å². The van der Waals surface area contributed by atoms with Crippen molar-refractivity contribution in [2.75, 3.05) is 19.6 Å². The van der Waals surface area contributed by atoms with Crippen molar-refractivity contribution in [3.63, 3.8) is 0 Å². The monoisotopic (exact) mass is 242 g/mol. The average Bonchev–Trinajstić information content (AvgIpc) is 2.26. The lowest BCUT2D eigenvalue weighted by molar-refractivity contribution is -0.129.